The molecule has 1 aromatic carbocycles. The Bertz CT molecular complexity index is 508. The van der Waals surface area contributed by atoms with E-state index in [9.17, 15) is 4.79 Å². The minimum Gasteiger partial charge on any atom is -0.484 e. The van der Waals surface area contributed by atoms with Crippen LogP contribution in [0, 0.1) is 0 Å². The fraction of sp³-hybridized carbons (Fsp3) is 0.562. The second-order valence-corrected chi connectivity index (χ2v) is 6.25. The lowest BCUT2D eigenvalue weighted by Gasteiger charge is -2.34. The maximum Gasteiger partial charge on any atom is 0.260 e. The summed E-state index contributed by atoms with van der Waals surface area (Å²) in [5.74, 6) is 0.587. The molecule has 0 spiro atoms. The van der Waals surface area contributed by atoms with Crippen LogP contribution < -0.4 is 10.1 Å². The summed E-state index contributed by atoms with van der Waals surface area (Å²) in [6.45, 7) is 4.81. The summed E-state index contributed by atoms with van der Waals surface area (Å²) in [6, 6.07) is 5.33. The maximum atomic E-state index is 12.5. The van der Waals surface area contributed by atoms with E-state index in [2.05, 4.69) is 12.2 Å². The molecule has 7 heteroatoms. The van der Waals surface area contributed by atoms with Gasteiger partial charge in [-0.3, -0.25) is 4.79 Å². The van der Waals surface area contributed by atoms with Gasteiger partial charge in [-0.1, -0.05) is 30.1 Å². The Balaban J connectivity index is 0.00000264. The van der Waals surface area contributed by atoms with Gasteiger partial charge < -0.3 is 15.0 Å². The summed E-state index contributed by atoms with van der Waals surface area (Å²) in [6.07, 6.45) is 2.94. The molecule has 0 saturated carbocycles. The van der Waals surface area contributed by atoms with Gasteiger partial charge in [-0.2, -0.15) is 0 Å². The zero-order chi connectivity index (χ0) is 15.9. The molecule has 23 heavy (non-hydrogen) atoms. The number of hydrogen-bond acceptors (Lipinski definition) is 3. The number of piperidine rings is 1. The van der Waals surface area contributed by atoms with E-state index in [0.29, 0.717) is 21.8 Å². The number of rotatable bonds is 6. The van der Waals surface area contributed by atoms with Gasteiger partial charge in [0.05, 0.1) is 10.0 Å². The van der Waals surface area contributed by atoms with Crippen LogP contribution in [0.3, 0.4) is 0 Å². The van der Waals surface area contributed by atoms with Gasteiger partial charge in [-0.05, 0) is 44.5 Å². The SMILES string of the molecule is CCCN(C(=O)COc1ccc(Cl)c(Cl)c1)C1CCNCC1.Cl. The molecule has 0 bridgehead atoms. The van der Waals surface area contributed by atoms with E-state index >= 15 is 0 Å². The van der Waals surface area contributed by atoms with Crippen molar-refractivity contribution in [3.8, 4) is 5.75 Å². The molecule has 1 heterocycles. The number of benzene rings is 1. The molecule has 4 nitrogen and oxygen atoms in total. The van der Waals surface area contributed by atoms with Crippen molar-refractivity contribution in [1.82, 2.24) is 10.2 Å². The molecule has 0 atom stereocenters. The number of carbonyl (C=O) groups is 1. The molecule has 0 unspecified atom stereocenters. The zero-order valence-corrected chi connectivity index (χ0v) is 15.5. The second-order valence-electron chi connectivity index (χ2n) is 5.43. The maximum absolute atomic E-state index is 12.5. The Morgan fingerprint density at radius 2 is 2.00 bits per heavy atom. The summed E-state index contributed by atoms with van der Waals surface area (Å²) in [4.78, 5) is 14.4. The van der Waals surface area contributed by atoms with Crippen LogP contribution in [0.1, 0.15) is 26.2 Å². The van der Waals surface area contributed by atoms with Crippen LogP contribution in [0.15, 0.2) is 18.2 Å². The highest BCUT2D eigenvalue weighted by molar-refractivity contribution is 6.42. The highest BCUT2D eigenvalue weighted by atomic mass is 35.5. The third-order valence-corrected chi connectivity index (χ3v) is 4.53. The van der Waals surface area contributed by atoms with E-state index in [1.807, 2.05) is 4.90 Å². The summed E-state index contributed by atoms with van der Waals surface area (Å²) >= 11 is 11.8. The van der Waals surface area contributed by atoms with Gasteiger partial charge in [-0.25, -0.2) is 0 Å². The fourth-order valence-corrected chi connectivity index (χ4v) is 2.95. The van der Waals surface area contributed by atoms with Crippen LogP contribution in [0.2, 0.25) is 10.0 Å². The molecule has 0 radical (unpaired) electrons. The number of nitrogens with one attached hydrogen (secondary N) is 1. The van der Waals surface area contributed by atoms with Gasteiger partial charge >= 0.3 is 0 Å². The van der Waals surface area contributed by atoms with E-state index in [1.165, 1.54) is 0 Å². The molecule has 1 N–H and O–H groups in total. The topological polar surface area (TPSA) is 41.6 Å². The van der Waals surface area contributed by atoms with Gasteiger partial charge in [0, 0.05) is 18.7 Å². The third-order valence-electron chi connectivity index (χ3n) is 3.79. The van der Waals surface area contributed by atoms with Crippen LogP contribution in [0.25, 0.3) is 0 Å². The summed E-state index contributed by atoms with van der Waals surface area (Å²) in [5.41, 5.74) is 0. The van der Waals surface area contributed by atoms with Gasteiger partial charge in [-0.15, -0.1) is 12.4 Å². The van der Waals surface area contributed by atoms with E-state index in [0.717, 1.165) is 38.9 Å². The first-order chi connectivity index (χ1) is 10.6. The van der Waals surface area contributed by atoms with E-state index < -0.39 is 0 Å². The van der Waals surface area contributed by atoms with Crippen molar-refractivity contribution in [2.45, 2.75) is 32.2 Å². The monoisotopic (exact) mass is 380 g/mol. The predicted molar refractivity (Wildman–Crippen MR) is 97.1 cm³/mol. The molecule has 0 aromatic heterocycles. The fourth-order valence-electron chi connectivity index (χ4n) is 2.66. The molecule has 1 amide bonds. The Morgan fingerprint density at radius 1 is 1.30 bits per heavy atom. The lowest BCUT2D eigenvalue weighted by Crippen LogP contribution is -2.48. The quantitative estimate of drug-likeness (QED) is 0.815. The summed E-state index contributed by atoms with van der Waals surface area (Å²) in [5, 5.41) is 4.22. The number of hydrogen-bond donors (Lipinski definition) is 1. The van der Waals surface area contributed by atoms with Gasteiger partial charge in [0.2, 0.25) is 0 Å². The first-order valence-corrected chi connectivity index (χ1v) is 8.45. The van der Waals surface area contributed by atoms with Crippen molar-refractivity contribution in [3.63, 3.8) is 0 Å². The van der Waals surface area contributed by atoms with Crippen molar-refractivity contribution < 1.29 is 9.53 Å². The molecule has 1 aliphatic heterocycles. The first-order valence-electron chi connectivity index (χ1n) is 7.70. The standard InChI is InChI=1S/C16H22Cl2N2O2.ClH/c1-2-9-20(12-5-7-19-8-6-12)16(21)11-22-13-3-4-14(17)15(18)10-13;/h3-4,10,12,19H,2,5-9,11H2,1H3;1H. The Morgan fingerprint density at radius 3 is 2.61 bits per heavy atom. The molecule has 1 aromatic rings. The van der Waals surface area contributed by atoms with Crippen molar-refractivity contribution in [2.24, 2.45) is 0 Å². The van der Waals surface area contributed by atoms with Crippen LogP contribution in [-0.2, 0) is 4.79 Å². The van der Waals surface area contributed by atoms with Crippen LogP contribution >= 0.6 is 35.6 Å². The molecule has 1 saturated heterocycles. The molecular weight excluding hydrogens is 359 g/mol. The first kappa shape index (κ1) is 20.4. The van der Waals surface area contributed by atoms with Crippen LogP contribution in [0.4, 0.5) is 0 Å². The molecule has 1 fully saturated rings. The minimum absolute atomic E-state index is 0. The van der Waals surface area contributed by atoms with Gasteiger partial charge in [0.25, 0.3) is 5.91 Å². The number of nitrogens with zero attached hydrogens (tertiary/aromatic N) is 1. The normalized spacial score (nSPS) is 14.9. The van der Waals surface area contributed by atoms with Crippen molar-refractivity contribution in [2.75, 3.05) is 26.2 Å². The smallest absolute Gasteiger partial charge is 0.260 e. The van der Waals surface area contributed by atoms with Gasteiger partial charge in [0.15, 0.2) is 6.61 Å². The summed E-state index contributed by atoms with van der Waals surface area (Å²) < 4.78 is 5.57. The van der Waals surface area contributed by atoms with Crippen molar-refractivity contribution in [1.29, 1.82) is 0 Å². The lowest BCUT2D eigenvalue weighted by atomic mass is 10.0. The molecular formula is C16H23Cl3N2O2. The average molecular weight is 382 g/mol. The van der Waals surface area contributed by atoms with Gasteiger partial charge in [0.1, 0.15) is 5.75 Å². The Kier molecular flexibility index (Phi) is 9.07. The average Bonchev–Trinajstić information content (AvgIpc) is 2.54. The van der Waals surface area contributed by atoms with Crippen LogP contribution in [-0.4, -0.2) is 43.1 Å². The number of halogens is 3. The van der Waals surface area contributed by atoms with E-state index in [1.54, 1.807) is 18.2 Å². The highest BCUT2D eigenvalue weighted by Crippen LogP contribution is 2.26. The molecule has 0 aliphatic carbocycles. The van der Waals surface area contributed by atoms with E-state index in [4.69, 9.17) is 27.9 Å². The summed E-state index contributed by atoms with van der Waals surface area (Å²) in [7, 11) is 0. The minimum atomic E-state index is 0. The molecule has 2 rings (SSSR count). The number of carbonyl (C=O) groups excluding carboxylic acids is 1. The number of ether oxygens (including phenoxy) is 1. The molecule has 1 aliphatic rings. The second kappa shape index (κ2) is 10.2. The Labute approximate surface area is 153 Å². The highest BCUT2D eigenvalue weighted by Gasteiger charge is 2.24. The van der Waals surface area contributed by atoms with Crippen molar-refractivity contribution in [3.05, 3.63) is 28.2 Å². The number of amides is 1. The lowest BCUT2D eigenvalue weighted by molar-refractivity contribution is -0.136. The predicted octanol–water partition coefficient (Wildman–Crippen LogP) is 3.78. The largest absolute Gasteiger partial charge is 0.484 e. The molecule has 130 valence electrons. The van der Waals surface area contributed by atoms with Crippen LogP contribution in [0.5, 0.6) is 5.75 Å². The van der Waals surface area contributed by atoms with Crippen molar-refractivity contribution >= 4 is 41.5 Å². The van der Waals surface area contributed by atoms with E-state index in [-0.39, 0.29) is 24.9 Å². The zero-order valence-electron chi connectivity index (χ0n) is 13.2. The Hall–Kier alpha value is -0.680. The third kappa shape index (κ3) is 6.03.